The van der Waals surface area contributed by atoms with Crippen molar-refractivity contribution < 1.29 is 4.42 Å². The zero-order valence-electron chi connectivity index (χ0n) is 24.9. The molecule has 0 fully saturated rings. The number of furan rings is 1. The summed E-state index contributed by atoms with van der Waals surface area (Å²) in [7, 11) is 0. The minimum absolute atomic E-state index is 0.916. The van der Waals surface area contributed by atoms with E-state index in [9.17, 15) is 0 Å². The molecule has 2 heteroatoms. The van der Waals surface area contributed by atoms with Gasteiger partial charge in [0.05, 0.1) is 11.0 Å². The van der Waals surface area contributed by atoms with E-state index in [-0.39, 0.29) is 0 Å². The minimum atomic E-state index is 0.916. The number of aromatic nitrogens is 1. The summed E-state index contributed by atoms with van der Waals surface area (Å²) >= 11 is 0. The van der Waals surface area contributed by atoms with Crippen LogP contribution < -0.4 is 0 Å². The molecule has 46 heavy (non-hydrogen) atoms. The van der Waals surface area contributed by atoms with E-state index in [2.05, 4.69) is 168 Å². The Morgan fingerprint density at radius 1 is 0.348 bits per heavy atom. The molecule has 2 nitrogen and oxygen atoms in total. The van der Waals surface area contributed by atoms with Crippen molar-refractivity contribution >= 4 is 65.3 Å². The second-order valence-corrected chi connectivity index (χ2v) is 12.2. The van der Waals surface area contributed by atoms with Gasteiger partial charge in [-0.05, 0) is 98.4 Å². The lowest BCUT2D eigenvalue weighted by molar-refractivity contribution is 0.669. The van der Waals surface area contributed by atoms with Crippen molar-refractivity contribution in [2.24, 2.45) is 0 Å². The summed E-state index contributed by atoms with van der Waals surface area (Å²) in [5.74, 6) is 0. The minimum Gasteiger partial charge on any atom is -0.456 e. The summed E-state index contributed by atoms with van der Waals surface area (Å²) < 4.78 is 8.67. The molecule has 0 amide bonds. The van der Waals surface area contributed by atoms with Crippen LogP contribution in [0.3, 0.4) is 0 Å². The van der Waals surface area contributed by atoms with E-state index in [1.54, 1.807) is 0 Å². The maximum absolute atomic E-state index is 6.27. The Kier molecular flexibility index (Phi) is 5.31. The zero-order chi connectivity index (χ0) is 30.2. The van der Waals surface area contributed by atoms with E-state index >= 15 is 0 Å². The highest BCUT2D eigenvalue weighted by Gasteiger charge is 2.15. The predicted octanol–water partition coefficient (Wildman–Crippen LogP) is 12.3. The molecule has 0 aliphatic carbocycles. The lowest BCUT2D eigenvalue weighted by atomic mass is 9.96. The largest absolute Gasteiger partial charge is 0.456 e. The number of benzene rings is 8. The third-order valence-corrected chi connectivity index (χ3v) is 9.55. The molecule has 10 aromatic rings. The molecule has 0 spiro atoms. The Balaban J connectivity index is 1.11. The SMILES string of the molecule is c1cc(-c2ccc3oc4ccc5ccccc5c4c3c2)cc(-c2ccc3c(c2)c2ccccc2n3-c2ccc3ccccc3c2)c1. The molecule has 2 aromatic heterocycles. The van der Waals surface area contributed by atoms with Gasteiger partial charge in [0, 0.05) is 27.2 Å². The van der Waals surface area contributed by atoms with Gasteiger partial charge in [0.15, 0.2) is 0 Å². The van der Waals surface area contributed by atoms with Crippen LogP contribution in [0, 0.1) is 0 Å². The van der Waals surface area contributed by atoms with Gasteiger partial charge < -0.3 is 8.98 Å². The monoisotopic (exact) mass is 585 g/mol. The average Bonchev–Trinajstić information content (AvgIpc) is 3.67. The Labute approximate surface area is 265 Å². The van der Waals surface area contributed by atoms with E-state index in [0.717, 1.165) is 16.6 Å². The zero-order valence-corrected chi connectivity index (χ0v) is 24.9. The highest BCUT2D eigenvalue weighted by molar-refractivity contribution is 6.19. The third-order valence-electron chi connectivity index (χ3n) is 9.55. The number of nitrogens with zero attached hydrogens (tertiary/aromatic N) is 1. The molecule has 0 N–H and O–H groups in total. The summed E-state index contributed by atoms with van der Waals surface area (Å²) in [6.07, 6.45) is 0. The van der Waals surface area contributed by atoms with Gasteiger partial charge in [0.2, 0.25) is 0 Å². The Morgan fingerprint density at radius 2 is 0.978 bits per heavy atom. The van der Waals surface area contributed by atoms with Gasteiger partial charge in [-0.2, -0.15) is 0 Å². The van der Waals surface area contributed by atoms with Crippen molar-refractivity contribution in [3.05, 3.63) is 164 Å². The average molecular weight is 586 g/mol. The van der Waals surface area contributed by atoms with E-state index < -0.39 is 0 Å². The van der Waals surface area contributed by atoms with Crippen LogP contribution in [-0.4, -0.2) is 4.57 Å². The summed E-state index contributed by atoms with van der Waals surface area (Å²) in [6, 6.07) is 59.2. The molecular weight excluding hydrogens is 558 g/mol. The molecule has 0 atom stereocenters. The van der Waals surface area contributed by atoms with Gasteiger partial charge in [-0.25, -0.2) is 0 Å². The summed E-state index contributed by atoms with van der Waals surface area (Å²) in [6.45, 7) is 0. The lowest BCUT2D eigenvalue weighted by Crippen LogP contribution is -1.93. The number of rotatable bonds is 3. The van der Waals surface area contributed by atoms with E-state index in [1.165, 1.54) is 76.7 Å². The predicted molar refractivity (Wildman–Crippen MR) is 194 cm³/mol. The van der Waals surface area contributed by atoms with E-state index in [4.69, 9.17) is 4.42 Å². The summed E-state index contributed by atoms with van der Waals surface area (Å²) in [4.78, 5) is 0. The fourth-order valence-electron chi connectivity index (χ4n) is 7.35. The second-order valence-electron chi connectivity index (χ2n) is 12.2. The van der Waals surface area contributed by atoms with Crippen LogP contribution >= 0.6 is 0 Å². The maximum Gasteiger partial charge on any atom is 0.136 e. The molecule has 0 saturated carbocycles. The van der Waals surface area contributed by atoms with Gasteiger partial charge in [-0.1, -0.05) is 109 Å². The van der Waals surface area contributed by atoms with Crippen LogP contribution in [-0.2, 0) is 0 Å². The van der Waals surface area contributed by atoms with Crippen molar-refractivity contribution in [2.75, 3.05) is 0 Å². The molecule has 0 unspecified atom stereocenters. The van der Waals surface area contributed by atoms with Gasteiger partial charge in [0.25, 0.3) is 0 Å². The quantitative estimate of drug-likeness (QED) is 0.202. The summed E-state index contributed by atoms with van der Waals surface area (Å²) in [5, 5.41) is 9.79. The van der Waals surface area contributed by atoms with E-state index in [0.29, 0.717) is 0 Å². The van der Waals surface area contributed by atoms with Crippen molar-refractivity contribution in [3.63, 3.8) is 0 Å². The van der Waals surface area contributed by atoms with Crippen molar-refractivity contribution in [1.82, 2.24) is 4.57 Å². The molecule has 0 saturated heterocycles. The standard InChI is InChI=1S/C44H27NO/c1-2-10-32-25-35(20-16-28(32)8-1)45-40-15-6-5-14-37(40)38-26-33(17-21-41(38)45)30-11-7-12-31(24-30)34-19-22-42-39(27-34)44-36-13-4-3-9-29(36)18-23-43(44)46-42/h1-27H. The molecular formula is C44H27NO. The number of fused-ring (bicyclic) bond motifs is 9. The molecule has 0 radical (unpaired) electrons. The van der Waals surface area contributed by atoms with Crippen molar-refractivity contribution in [1.29, 1.82) is 0 Å². The highest BCUT2D eigenvalue weighted by atomic mass is 16.3. The smallest absolute Gasteiger partial charge is 0.136 e. The Bertz CT molecular complexity index is 2810. The van der Waals surface area contributed by atoms with Crippen LogP contribution in [0.1, 0.15) is 0 Å². The molecule has 8 aromatic carbocycles. The Morgan fingerprint density at radius 3 is 1.85 bits per heavy atom. The first-order valence-electron chi connectivity index (χ1n) is 15.8. The Hall–Kier alpha value is -6.12. The van der Waals surface area contributed by atoms with Gasteiger partial charge in [-0.3, -0.25) is 0 Å². The van der Waals surface area contributed by atoms with Crippen LogP contribution in [0.15, 0.2) is 168 Å². The summed E-state index contributed by atoms with van der Waals surface area (Å²) in [5.41, 5.74) is 10.2. The molecule has 0 bridgehead atoms. The van der Waals surface area contributed by atoms with Crippen LogP contribution in [0.5, 0.6) is 0 Å². The lowest BCUT2D eigenvalue weighted by Gasteiger charge is -2.10. The van der Waals surface area contributed by atoms with Crippen molar-refractivity contribution in [3.8, 4) is 27.9 Å². The first-order chi connectivity index (χ1) is 22.8. The maximum atomic E-state index is 6.27. The topological polar surface area (TPSA) is 18.1 Å². The normalized spacial score (nSPS) is 11.9. The van der Waals surface area contributed by atoms with Crippen molar-refractivity contribution in [2.45, 2.75) is 0 Å². The molecule has 214 valence electrons. The van der Waals surface area contributed by atoms with Crippen LogP contribution in [0.2, 0.25) is 0 Å². The molecule has 0 aliphatic rings. The second kappa shape index (κ2) is 9.69. The molecule has 0 aliphatic heterocycles. The van der Waals surface area contributed by atoms with Gasteiger partial charge >= 0.3 is 0 Å². The molecule has 10 rings (SSSR count). The number of hydrogen-bond donors (Lipinski definition) is 0. The van der Waals surface area contributed by atoms with Gasteiger partial charge in [0.1, 0.15) is 11.2 Å². The molecule has 2 heterocycles. The third kappa shape index (κ3) is 3.77. The van der Waals surface area contributed by atoms with Gasteiger partial charge in [-0.15, -0.1) is 0 Å². The fourth-order valence-corrected chi connectivity index (χ4v) is 7.35. The van der Waals surface area contributed by atoms with Crippen LogP contribution in [0.25, 0.3) is 93.2 Å². The first kappa shape index (κ1) is 25.2. The highest BCUT2D eigenvalue weighted by Crippen LogP contribution is 2.39. The fraction of sp³-hybridized carbons (Fsp3) is 0. The number of hydrogen-bond acceptors (Lipinski definition) is 1. The van der Waals surface area contributed by atoms with E-state index in [1.807, 2.05) is 0 Å². The first-order valence-corrected chi connectivity index (χ1v) is 15.8. The van der Waals surface area contributed by atoms with Crippen LogP contribution in [0.4, 0.5) is 0 Å². The number of para-hydroxylation sites is 1.